The van der Waals surface area contributed by atoms with E-state index in [2.05, 4.69) is 5.32 Å². The summed E-state index contributed by atoms with van der Waals surface area (Å²) >= 11 is 0. The van der Waals surface area contributed by atoms with Crippen LogP contribution in [0.25, 0.3) is 0 Å². The van der Waals surface area contributed by atoms with Gasteiger partial charge in [0.2, 0.25) is 5.91 Å². The van der Waals surface area contributed by atoms with Crippen LogP contribution in [0.4, 0.5) is 5.69 Å². The first kappa shape index (κ1) is 19.9. The predicted molar refractivity (Wildman–Crippen MR) is 108 cm³/mol. The zero-order valence-electron chi connectivity index (χ0n) is 16.2. The summed E-state index contributed by atoms with van der Waals surface area (Å²) in [6, 6.07) is 16.7. The van der Waals surface area contributed by atoms with E-state index in [0.29, 0.717) is 24.6 Å². The number of likely N-dealkylation sites (tertiary alicyclic amines) is 1. The largest absolute Gasteiger partial charge is 0.492 e. The average molecular weight is 382 g/mol. The van der Waals surface area contributed by atoms with Crippen LogP contribution in [0.3, 0.4) is 0 Å². The second-order valence-electron chi connectivity index (χ2n) is 7.12. The van der Waals surface area contributed by atoms with Crippen molar-refractivity contribution in [3.8, 4) is 5.75 Å². The second-order valence-corrected chi connectivity index (χ2v) is 7.12. The number of hydrogen-bond acceptors (Lipinski definition) is 3. The lowest BCUT2D eigenvalue weighted by molar-refractivity contribution is -0.928. The van der Waals surface area contributed by atoms with Gasteiger partial charge in [0, 0.05) is 5.56 Å². The molecule has 0 radical (unpaired) electrons. The number of primary amides is 1. The van der Waals surface area contributed by atoms with Crippen molar-refractivity contribution in [1.82, 2.24) is 0 Å². The minimum Gasteiger partial charge on any atom is -0.492 e. The molecule has 0 saturated carbocycles. The summed E-state index contributed by atoms with van der Waals surface area (Å²) in [6.45, 7) is 3.82. The van der Waals surface area contributed by atoms with Gasteiger partial charge in [-0.05, 0) is 31.9 Å². The zero-order valence-corrected chi connectivity index (χ0v) is 16.2. The highest BCUT2D eigenvalue weighted by Crippen LogP contribution is 2.25. The van der Waals surface area contributed by atoms with Crippen molar-refractivity contribution in [2.45, 2.75) is 25.8 Å². The number of ether oxygens (including phenoxy) is 1. The van der Waals surface area contributed by atoms with Crippen LogP contribution in [0.15, 0.2) is 54.6 Å². The van der Waals surface area contributed by atoms with Gasteiger partial charge in [0.25, 0.3) is 5.91 Å². The van der Waals surface area contributed by atoms with Gasteiger partial charge in [0.15, 0.2) is 6.04 Å². The lowest BCUT2D eigenvalue weighted by Crippen LogP contribution is -3.15. The molecule has 0 spiro atoms. The van der Waals surface area contributed by atoms with Gasteiger partial charge in [0.05, 0.1) is 31.3 Å². The maximum absolute atomic E-state index is 13.3. The van der Waals surface area contributed by atoms with Crippen LogP contribution in [0, 0.1) is 5.92 Å². The van der Waals surface area contributed by atoms with Gasteiger partial charge < -0.3 is 20.7 Å². The maximum atomic E-state index is 13.3. The number of amides is 2. The van der Waals surface area contributed by atoms with Crippen molar-refractivity contribution in [2.75, 3.05) is 25.0 Å². The molecule has 1 saturated heterocycles. The van der Waals surface area contributed by atoms with Gasteiger partial charge in [-0.1, -0.05) is 42.5 Å². The SMILES string of the molecule is CCOc1ccccc1NC(=O)[C@@H](c1ccccc1)[NH+]1CCC[C@H](C(N)=O)C1. The van der Waals surface area contributed by atoms with Crippen molar-refractivity contribution >= 4 is 17.5 Å². The lowest BCUT2D eigenvalue weighted by Gasteiger charge is -2.33. The summed E-state index contributed by atoms with van der Waals surface area (Å²) in [5.74, 6) is 0.0527. The molecule has 0 bridgehead atoms. The van der Waals surface area contributed by atoms with E-state index in [9.17, 15) is 9.59 Å². The Morgan fingerprint density at radius 3 is 2.61 bits per heavy atom. The van der Waals surface area contributed by atoms with E-state index in [0.717, 1.165) is 29.8 Å². The minimum atomic E-state index is -0.418. The molecule has 1 unspecified atom stereocenters. The van der Waals surface area contributed by atoms with E-state index in [4.69, 9.17) is 10.5 Å². The molecule has 1 fully saturated rings. The number of carbonyl (C=O) groups excluding carboxylic acids is 2. The molecule has 0 aliphatic carbocycles. The summed E-state index contributed by atoms with van der Waals surface area (Å²) in [7, 11) is 0. The van der Waals surface area contributed by atoms with Crippen LogP contribution >= 0.6 is 0 Å². The number of anilines is 1. The Labute approximate surface area is 165 Å². The number of piperidine rings is 1. The highest BCUT2D eigenvalue weighted by Gasteiger charge is 2.37. The smallest absolute Gasteiger partial charge is 0.287 e. The van der Waals surface area contributed by atoms with Crippen LogP contribution in [-0.2, 0) is 9.59 Å². The van der Waals surface area contributed by atoms with E-state index in [-0.39, 0.29) is 17.7 Å². The molecular formula is C22H28N3O3+. The molecule has 4 N–H and O–H groups in total. The molecule has 3 atom stereocenters. The molecule has 1 aliphatic heterocycles. The number of quaternary nitrogens is 1. The van der Waals surface area contributed by atoms with E-state index in [1.807, 2.05) is 61.5 Å². The molecule has 1 aliphatic rings. The van der Waals surface area contributed by atoms with Gasteiger partial charge >= 0.3 is 0 Å². The maximum Gasteiger partial charge on any atom is 0.287 e. The Hall–Kier alpha value is -2.86. The Bertz CT molecular complexity index is 810. The fourth-order valence-corrected chi connectivity index (χ4v) is 3.88. The van der Waals surface area contributed by atoms with Gasteiger partial charge in [0.1, 0.15) is 5.75 Å². The number of carbonyl (C=O) groups is 2. The summed E-state index contributed by atoms with van der Waals surface area (Å²) in [5, 5.41) is 3.03. The molecule has 1 heterocycles. The van der Waals surface area contributed by atoms with Crippen LogP contribution in [0.5, 0.6) is 5.75 Å². The van der Waals surface area contributed by atoms with E-state index in [1.165, 1.54) is 0 Å². The third kappa shape index (κ3) is 4.70. The normalized spacial score (nSPS) is 20.2. The van der Waals surface area contributed by atoms with Gasteiger partial charge in [-0.15, -0.1) is 0 Å². The number of rotatable bonds is 7. The molecule has 2 aromatic carbocycles. The number of benzene rings is 2. The van der Waals surface area contributed by atoms with Gasteiger partial charge in [-0.25, -0.2) is 0 Å². The van der Waals surface area contributed by atoms with Crippen molar-refractivity contribution < 1.29 is 19.2 Å². The highest BCUT2D eigenvalue weighted by molar-refractivity contribution is 5.95. The van der Waals surface area contributed by atoms with Crippen molar-refractivity contribution in [3.05, 3.63) is 60.2 Å². The number of nitrogens with two attached hydrogens (primary N) is 1. The molecule has 6 heteroatoms. The molecule has 2 amide bonds. The summed E-state index contributed by atoms with van der Waals surface area (Å²) in [4.78, 5) is 26.1. The first-order chi connectivity index (χ1) is 13.6. The summed E-state index contributed by atoms with van der Waals surface area (Å²) in [5.41, 5.74) is 7.13. The topological polar surface area (TPSA) is 85.9 Å². The first-order valence-electron chi connectivity index (χ1n) is 9.81. The number of nitrogens with one attached hydrogen (secondary N) is 2. The second kappa shape index (κ2) is 9.37. The molecule has 2 aromatic rings. The zero-order chi connectivity index (χ0) is 19.9. The molecule has 6 nitrogen and oxygen atoms in total. The number of para-hydroxylation sites is 2. The molecule has 0 aromatic heterocycles. The predicted octanol–water partition coefficient (Wildman–Crippen LogP) is 1.55. The summed E-state index contributed by atoms with van der Waals surface area (Å²) < 4.78 is 5.63. The number of hydrogen-bond donors (Lipinski definition) is 3. The van der Waals surface area contributed by atoms with E-state index in [1.54, 1.807) is 0 Å². The van der Waals surface area contributed by atoms with Crippen LogP contribution in [0.2, 0.25) is 0 Å². The molecular weight excluding hydrogens is 354 g/mol. The Morgan fingerprint density at radius 2 is 1.89 bits per heavy atom. The Morgan fingerprint density at radius 1 is 1.18 bits per heavy atom. The Balaban J connectivity index is 1.87. The lowest BCUT2D eigenvalue weighted by atomic mass is 9.94. The fourth-order valence-electron chi connectivity index (χ4n) is 3.88. The summed E-state index contributed by atoms with van der Waals surface area (Å²) in [6.07, 6.45) is 1.66. The molecule has 3 rings (SSSR count). The standard InChI is InChI=1S/C22H27N3O3/c1-2-28-19-13-7-6-12-18(19)24-22(27)20(16-9-4-3-5-10-16)25-14-8-11-17(15-25)21(23)26/h3-7,9-10,12-13,17,20H,2,8,11,14-15H2,1H3,(H2,23,26)(H,24,27)/p+1/t17-,20+/m0/s1. The van der Waals surface area contributed by atoms with Crippen molar-refractivity contribution in [3.63, 3.8) is 0 Å². The van der Waals surface area contributed by atoms with Crippen molar-refractivity contribution in [1.29, 1.82) is 0 Å². The fraction of sp³-hybridized carbons (Fsp3) is 0.364. The van der Waals surface area contributed by atoms with Crippen LogP contribution in [-0.4, -0.2) is 31.5 Å². The van der Waals surface area contributed by atoms with Crippen LogP contribution < -0.4 is 20.7 Å². The third-order valence-electron chi connectivity index (χ3n) is 5.21. The van der Waals surface area contributed by atoms with Crippen LogP contribution in [0.1, 0.15) is 31.4 Å². The van der Waals surface area contributed by atoms with E-state index >= 15 is 0 Å². The minimum absolute atomic E-state index is 0.113. The monoisotopic (exact) mass is 382 g/mol. The quantitative estimate of drug-likeness (QED) is 0.679. The highest BCUT2D eigenvalue weighted by atomic mass is 16.5. The average Bonchev–Trinajstić information content (AvgIpc) is 2.71. The first-order valence-corrected chi connectivity index (χ1v) is 9.81. The Kier molecular flexibility index (Phi) is 6.66. The van der Waals surface area contributed by atoms with Crippen molar-refractivity contribution in [2.24, 2.45) is 11.7 Å². The third-order valence-corrected chi connectivity index (χ3v) is 5.21. The van der Waals surface area contributed by atoms with E-state index < -0.39 is 6.04 Å². The molecule has 28 heavy (non-hydrogen) atoms. The van der Waals surface area contributed by atoms with Gasteiger partial charge in [-0.2, -0.15) is 0 Å². The molecule has 148 valence electrons. The van der Waals surface area contributed by atoms with Gasteiger partial charge in [-0.3, -0.25) is 9.59 Å².